The minimum absolute atomic E-state index is 0.0406. The van der Waals surface area contributed by atoms with Crippen molar-refractivity contribution in [2.24, 2.45) is 0 Å². The van der Waals surface area contributed by atoms with Crippen LogP contribution in [0.1, 0.15) is 18.1 Å². The van der Waals surface area contributed by atoms with Gasteiger partial charge in [-0.3, -0.25) is 4.79 Å². The van der Waals surface area contributed by atoms with E-state index in [-0.39, 0.29) is 11.2 Å². The topological polar surface area (TPSA) is 38.3 Å². The summed E-state index contributed by atoms with van der Waals surface area (Å²) in [5.74, 6) is 0.0406. The molecule has 0 radical (unpaired) electrons. The number of hydrogen-bond donors (Lipinski definition) is 1. The Bertz CT molecular complexity index is 599. The van der Waals surface area contributed by atoms with Gasteiger partial charge in [-0.25, -0.2) is 0 Å². The molecule has 0 saturated carbocycles. The fraction of sp³-hybridized carbons (Fsp3) is 0.316. The zero-order valence-electron chi connectivity index (χ0n) is 13.6. The Morgan fingerprint density at radius 3 is 2.52 bits per heavy atom. The van der Waals surface area contributed by atoms with Gasteiger partial charge in [-0.15, -0.1) is 11.8 Å². The molecule has 4 heteroatoms. The van der Waals surface area contributed by atoms with Gasteiger partial charge in [-0.2, -0.15) is 0 Å². The highest BCUT2D eigenvalue weighted by molar-refractivity contribution is 8.00. The van der Waals surface area contributed by atoms with Crippen molar-refractivity contribution >= 4 is 17.7 Å². The van der Waals surface area contributed by atoms with E-state index in [2.05, 4.69) is 24.4 Å². The van der Waals surface area contributed by atoms with Crippen LogP contribution in [-0.2, 0) is 16.1 Å². The molecule has 2 rings (SSSR count). The number of hydrogen-bond acceptors (Lipinski definition) is 3. The highest BCUT2D eigenvalue weighted by Gasteiger charge is 2.13. The molecule has 1 N–H and O–H groups in total. The van der Waals surface area contributed by atoms with E-state index in [9.17, 15) is 4.79 Å². The van der Waals surface area contributed by atoms with Crippen LogP contribution in [0.25, 0.3) is 0 Å². The van der Waals surface area contributed by atoms with Crippen molar-refractivity contribution in [3.63, 3.8) is 0 Å². The first-order chi connectivity index (χ1) is 11.1. The summed E-state index contributed by atoms with van der Waals surface area (Å²) in [7, 11) is 0. The molecule has 0 bridgehead atoms. The van der Waals surface area contributed by atoms with Gasteiger partial charge in [0.2, 0.25) is 5.91 Å². The van der Waals surface area contributed by atoms with Gasteiger partial charge in [0, 0.05) is 11.4 Å². The third kappa shape index (κ3) is 6.47. The average Bonchev–Trinajstić information content (AvgIpc) is 2.57. The molecular formula is C19H23NO2S. The Kier molecular flexibility index (Phi) is 7.17. The van der Waals surface area contributed by atoms with E-state index in [4.69, 9.17) is 4.74 Å². The van der Waals surface area contributed by atoms with Crippen LogP contribution in [0.5, 0.6) is 0 Å². The molecule has 122 valence electrons. The van der Waals surface area contributed by atoms with Crippen LogP contribution in [0.4, 0.5) is 0 Å². The lowest BCUT2D eigenvalue weighted by molar-refractivity contribution is -0.120. The fourth-order valence-electron chi connectivity index (χ4n) is 2.03. The van der Waals surface area contributed by atoms with E-state index in [1.807, 2.05) is 49.4 Å². The summed E-state index contributed by atoms with van der Waals surface area (Å²) >= 11 is 1.57. The maximum atomic E-state index is 12.1. The number of rotatable bonds is 8. The van der Waals surface area contributed by atoms with Gasteiger partial charge in [0.25, 0.3) is 0 Å². The molecule has 0 heterocycles. The smallest absolute Gasteiger partial charge is 0.233 e. The van der Waals surface area contributed by atoms with Gasteiger partial charge in [0.05, 0.1) is 18.5 Å². The molecule has 0 fully saturated rings. The van der Waals surface area contributed by atoms with Gasteiger partial charge in [-0.1, -0.05) is 48.0 Å². The van der Waals surface area contributed by atoms with Gasteiger partial charge in [0.15, 0.2) is 0 Å². The molecule has 3 nitrogen and oxygen atoms in total. The van der Waals surface area contributed by atoms with Gasteiger partial charge in [0.1, 0.15) is 0 Å². The molecule has 0 aliphatic heterocycles. The summed E-state index contributed by atoms with van der Waals surface area (Å²) in [4.78, 5) is 13.2. The van der Waals surface area contributed by atoms with Crippen molar-refractivity contribution in [3.05, 3.63) is 65.7 Å². The Morgan fingerprint density at radius 1 is 1.13 bits per heavy atom. The molecular weight excluding hydrogens is 306 g/mol. The lowest BCUT2D eigenvalue weighted by atomic mass is 10.2. The maximum Gasteiger partial charge on any atom is 0.233 e. The summed E-state index contributed by atoms with van der Waals surface area (Å²) in [5.41, 5.74) is 2.36. The van der Waals surface area contributed by atoms with E-state index in [1.54, 1.807) is 11.8 Å². The number of amides is 1. The summed E-state index contributed by atoms with van der Waals surface area (Å²) in [6.45, 7) is 5.60. The molecule has 0 aliphatic rings. The summed E-state index contributed by atoms with van der Waals surface area (Å²) in [6, 6.07) is 18.2. The zero-order chi connectivity index (χ0) is 16.5. The molecule has 2 aromatic rings. The molecule has 2 aromatic carbocycles. The van der Waals surface area contributed by atoms with Crippen LogP contribution in [-0.4, -0.2) is 24.3 Å². The first-order valence-corrected chi connectivity index (χ1v) is 8.66. The highest BCUT2D eigenvalue weighted by Crippen LogP contribution is 2.23. The van der Waals surface area contributed by atoms with Crippen molar-refractivity contribution in [2.45, 2.75) is 30.6 Å². The van der Waals surface area contributed by atoms with Crippen molar-refractivity contribution in [1.29, 1.82) is 0 Å². The monoisotopic (exact) mass is 329 g/mol. The Balaban J connectivity index is 1.63. The largest absolute Gasteiger partial charge is 0.375 e. The SMILES string of the molecule is Cc1ccc(S[C@@H](C)C(=O)NCCOCc2ccccc2)cc1. The van der Waals surface area contributed by atoms with E-state index >= 15 is 0 Å². The average molecular weight is 329 g/mol. The Hall–Kier alpha value is -1.78. The van der Waals surface area contributed by atoms with Crippen LogP contribution < -0.4 is 5.32 Å². The molecule has 0 unspecified atom stereocenters. The minimum Gasteiger partial charge on any atom is -0.375 e. The molecule has 0 aromatic heterocycles. The number of nitrogens with one attached hydrogen (secondary N) is 1. The minimum atomic E-state index is -0.119. The number of thioether (sulfide) groups is 1. The fourth-order valence-corrected chi connectivity index (χ4v) is 2.92. The second-order valence-electron chi connectivity index (χ2n) is 5.40. The Morgan fingerprint density at radius 2 is 1.83 bits per heavy atom. The van der Waals surface area contributed by atoms with Crippen molar-refractivity contribution in [3.8, 4) is 0 Å². The normalized spacial score (nSPS) is 11.9. The summed E-state index contributed by atoms with van der Waals surface area (Å²) in [5, 5.41) is 2.80. The third-order valence-electron chi connectivity index (χ3n) is 3.36. The summed E-state index contributed by atoms with van der Waals surface area (Å²) in [6.07, 6.45) is 0. The van der Waals surface area contributed by atoms with Gasteiger partial charge < -0.3 is 10.1 Å². The first-order valence-electron chi connectivity index (χ1n) is 7.78. The first kappa shape index (κ1) is 17.6. The molecule has 0 spiro atoms. The van der Waals surface area contributed by atoms with E-state index in [0.29, 0.717) is 19.8 Å². The van der Waals surface area contributed by atoms with Crippen molar-refractivity contribution in [2.75, 3.05) is 13.2 Å². The predicted molar refractivity (Wildman–Crippen MR) is 95.6 cm³/mol. The number of benzene rings is 2. The van der Waals surface area contributed by atoms with Crippen LogP contribution in [0.3, 0.4) is 0 Å². The van der Waals surface area contributed by atoms with Crippen molar-refractivity contribution < 1.29 is 9.53 Å². The standard InChI is InChI=1S/C19H23NO2S/c1-15-8-10-18(11-9-15)23-16(2)19(21)20-12-13-22-14-17-6-4-3-5-7-17/h3-11,16H,12-14H2,1-2H3,(H,20,21)/t16-/m0/s1. The van der Waals surface area contributed by atoms with Gasteiger partial charge >= 0.3 is 0 Å². The number of aryl methyl sites for hydroxylation is 1. The van der Waals surface area contributed by atoms with E-state index < -0.39 is 0 Å². The van der Waals surface area contributed by atoms with Gasteiger partial charge in [-0.05, 0) is 31.5 Å². The second kappa shape index (κ2) is 9.38. The highest BCUT2D eigenvalue weighted by atomic mass is 32.2. The lowest BCUT2D eigenvalue weighted by Crippen LogP contribution is -2.33. The summed E-state index contributed by atoms with van der Waals surface area (Å²) < 4.78 is 5.56. The molecule has 23 heavy (non-hydrogen) atoms. The van der Waals surface area contributed by atoms with E-state index in [0.717, 1.165) is 10.5 Å². The lowest BCUT2D eigenvalue weighted by Gasteiger charge is -2.12. The number of carbonyl (C=O) groups is 1. The third-order valence-corrected chi connectivity index (χ3v) is 4.47. The van der Waals surface area contributed by atoms with Crippen LogP contribution in [0.15, 0.2) is 59.5 Å². The van der Waals surface area contributed by atoms with Crippen LogP contribution in [0.2, 0.25) is 0 Å². The quantitative estimate of drug-likeness (QED) is 0.591. The zero-order valence-corrected chi connectivity index (χ0v) is 14.4. The molecule has 0 aliphatic carbocycles. The maximum absolute atomic E-state index is 12.1. The predicted octanol–water partition coefficient (Wildman–Crippen LogP) is 3.81. The Labute approximate surface area is 142 Å². The van der Waals surface area contributed by atoms with E-state index in [1.165, 1.54) is 5.56 Å². The van der Waals surface area contributed by atoms with Crippen LogP contribution >= 0.6 is 11.8 Å². The number of ether oxygens (including phenoxy) is 1. The van der Waals surface area contributed by atoms with Crippen LogP contribution in [0, 0.1) is 6.92 Å². The molecule has 1 amide bonds. The van der Waals surface area contributed by atoms with Crippen molar-refractivity contribution in [1.82, 2.24) is 5.32 Å². The number of carbonyl (C=O) groups excluding carboxylic acids is 1. The second-order valence-corrected chi connectivity index (χ2v) is 6.82. The molecule has 1 atom stereocenters. The molecule has 0 saturated heterocycles.